The Balaban J connectivity index is 2.09. The molecule has 3 rings (SSSR count). The van der Waals surface area contributed by atoms with E-state index in [1.807, 2.05) is 24.3 Å². The molecule has 0 spiro atoms. The number of hydrogen-bond acceptors (Lipinski definition) is 2. The Bertz CT molecular complexity index is 752. The minimum absolute atomic E-state index is 0.113. The molecule has 0 bridgehead atoms. The van der Waals surface area contributed by atoms with Crippen LogP contribution in [0.25, 0.3) is 10.9 Å². The zero-order chi connectivity index (χ0) is 13.4. The molecule has 0 atom stereocenters. The molecule has 2 aromatic carbocycles. The first-order valence-electron chi connectivity index (χ1n) is 5.81. The van der Waals surface area contributed by atoms with Crippen LogP contribution in [0.5, 0.6) is 0 Å². The average molecular weight is 276 g/mol. The Kier molecular flexibility index (Phi) is 2.87. The van der Waals surface area contributed by atoms with Gasteiger partial charge in [0.1, 0.15) is 5.82 Å². The topological polar surface area (TPSA) is 43.8 Å². The molecular formula is C14H11ClFN3. The number of hydrogen-bond donors (Lipinski definition) is 1. The standard InChI is InChI=1S/C14H11ClFN3/c15-11-6-3-4-9(13(11)16)8-19-12-7-2-1-5-10(12)14(17)18-19/h1-7H,8H2,(H2,17,18). The van der Waals surface area contributed by atoms with Crippen LogP contribution in [-0.2, 0) is 6.54 Å². The minimum Gasteiger partial charge on any atom is -0.382 e. The molecule has 5 heteroatoms. The lowest BCUT2D eigenvalue weighted by Crippen LogP contribution is -2.04. The van der Waals surface area contributed by atoms with Crippen LogP contribution < -0.4 is 5.73 Å². The van der Waals surface area contributed by atoms with Gasteiger partial charge in [0, 0.05) is 10.9 Å². The molecule has 0 radical (unpaired) electrons. The van der Waals surface area contributed by atoms with E-state index in [0.29, 0.717) is 17.9 Å². The molecule has 19 heavy (non-hydrogen) atoms. The quantitative estimate of drug-likeness (QED) is 0.778. The maximum Gasteiger partial charge on any atom is 0.153 e. The molecule has 1 aromatic heterocycles. The van der Waals surface area contributed by atoms with Crippen LogP contribution in [0.1, 0.15) is 5.56 Å². The van der Waals surface area contributed by atoms with Crippen molar-refractivity contribution in [2.45, 2.75) is 6.54 Å². The summed E-state index contributed by atoms with van der Waals surface area (Å²) in [6.07, 6.45) is 0. The van der Waals surface area contributed by atoms with Crippen molar-refractivity contribution in [3.8, 4) is 0 Å². The first kappa shape index (κ1) is 12.0. The SMILES string of the molecule is Nc1nn(Cc2cccc(Cl)c2F)c2ccccc12. The molecule has 0 amide bonds. The van der Waals surface area contributed by atoms with Gasteiger partial charge >= 0.3 is 0 Å². The summed E-state index contributed by atoms with van der Waals surface area (Å²) in [5.41, 5.74) is 7.21. The van der Waals surface area contributed by atoms with Gasteiger partial charge in [0.2, 0.25) is 0 Å². The molecule has 0 aliphatic rings. The number of halogens is 2. The van der Waals surface area contributed by atoms with E-state index in [-0.39, 0.29) is 5.02 Å². The van der Waals surface area contributed by atoms with Gasteiger partial charge in [-0.2, -0.15) is 5.10 Å². The highest BCUT2D eigenvalue weighted by atomic mass is 35.5. The maximum atomic E-state index is 13.9. The lowest BCUT2D eigenvalue weighted by Gasteiger charge is -2.06. The van der Waals surface area contributed by atoms with Crippen LogP contribution >= 0.6 is 11.6 Å². The second kappa shape index (κ2) is 4.55. The number of para-hydroxylation sites is 1. The summed E-state index contributed by atoms with van der Waals surface area (Å²) in [5.74, 6) is 0.0281. The summed E-state index contributed by atoms with van der Waals surface area (Å²) in [7, 11) is 0. The number of nitrogens with zero attached hydrogens (tertiary/aromatic N) is 2. The van der Waals surface area contributed by atoms with Crippen LogP contribution in [0.15, 0.2) is 42.5 Å². The summed E-state index contributed by atoms with van der Waals surface area (Å²) >= 11 is 5.77. The van der Waals surface area contributed by atoms with Crippen molar-refractivity contribution in [1.82, 2.24) is 9.78 Å². The van der Waals surface area contributed by atoms with Crippen LogP contribution in [0.4, 0.5) is 10.2 Å². The molecule has 0 unspecified atom stereocenters. The van der Waals surface area contributed by atoms with E-state index in [9.17, 15) is 4.39 Å². The molecule has 2 N–H and O–H groups in total. The maximum absolute atomic E-state index is 13.9. The molecule has 0 aliphatic carbocycles. The monoisotopic (exact) mass is 275 g/mol. The minimum atomic E-state index is -0.415. The van der Waals surface area contributed by atoms with E-state index >= 15 is 0 Å². The Hall–Kier alpha value is -2.07. The highest BCUT2D eigenvalue weighted by Gasteiger charge is 2.11. The first-order chi connectivity index (χ1) is 9.16. The molecule has 0 saturated heterocycles. The Morgan fingerprint density at radius 3 is 2.79 bits per heavy atom. The van der Waals surface area contributed by atoms with Crippen LogP contribution in [0, 0.1) is 5.82 Å². The van der Waals surface area contributed by atoms with Crippen molar-refractivity contribution < 1.29 is 4.39 Å². The smallest absolute Gasteiger partial charge is 0.153 e. The van der Waals surface area contributed by atoms with Crippen molar-refractivity contribution in [1.29, 1.82) is 0 Å². The summed E-state index contributed by atoms with van der Waals surface area (Å²) in [6.45, 7) is 0.296. The van der Waals surface area contributed by atoms with Gasteiger partial charge in [0.25, 0.3) is 0 Å². The second-order valence-electron chi connectivity index (χ2n) is 4.27. The number of nitrogen functional groups attached to an aromatic ring is 1. The second-order valence-corrected chi connectivity index (χ2v) is 4.68. The van der Waals surface area contributed by atoms with Gasteiger partial charge in [-0.3, -0.25) is 4.68 Å². The predicted molar refractivity (Wildman–Crippen MR) is 74.7 cm³/mol. The fourth-order valence-electron chi connectivity index (χ4n) is 2.11. The van der Waals surface area contributed by atoms with Gasteiger partial charge in [-0.15, -0.1) is 0 Å². The van der Waals surface area contributed by atoms with Gasteiger partial charge < -0.3 is 5.73 Å². The van der Waals surface area contributed by atoms with Crippen molar-refractivity contribution in [2.24, 2.45) is 0 Å². The van der Waals surface area contributed by atoms with Gasteiger partial charge in [-0.05, 0) is 18.2 Å². The van der Waals surface area contributed by atoms with Crippen molar-refractivity contribution in [3.05, 3.63) is 58.9 Å². The van der Waals surface area contributed by atoms with E-state index in [2.05, 4.69) is 5.10 Å². The van der Waals surface area contributed by atoms with Gasteiger partial charge in [0.15, 0.2) is 5.82 Å². The zero-order valence-electron chi connectivity index (χ0n) is 9.98. The first-order valence-corrected chi connectivity index (χ1v) is 6.18. The largest absolute Gasteiger partial charge is 0.382 e. The van der Waals surface area contributed by atoms with Crippen LogP contribution in [-0.4, -0.2) is 9.78 Å². The molecule has 3 aromatic rings. The lowest BCUT2D eigenvalue weighted by molar-refractivity contribution is 0.591. The van der Waals surface area contributed by atoms with Crippen molar-refractivity contribution in [3.63, 3.8) is 0 Å². The number of benzene rings is 2. The highest BCUT2D eigenvalue weighted by Crippen LogP contribution is 2.23. The number of nitrogens with two attached hydrogens (primary N) is 1. The average Bonchev–Trinajstić information content (AvgIpc) is 2.73. The van der Waals surface area contributed by atoms with Crippen LogP contribution in [0.3, 0.4) is 0 Å². The predicted octanol–water partition coefficient (Wildman–Crippen LogP) is 3.46. The molecule has 96 valence electrons. The van der Waals surface area contributed by atoms with E-state index in [4.69, 9.17) is 17.3 Å². The number of aromatic nitrogens is 2. The van der Waals surface area contributed by atoms with Crippen molar-refractivity contribution in [2.75, 3.05) is 5.73 Å². The van der Waals surface area contributed by atoms with Crippen molar-refractivity contribution >= 4 is 28.3 Å². The third-order valence-corrected chi connectivity index (χ3v) is 3.33. The van der Waals surface area contributed by atoms with Crippen LogP contribution in [0.2, 0.25) is 5.02 Å². The number of rotatable bonds is 2. The highest BCUT2D eigenvalue weighted by molar-refractivity contribution is 6.30. The van der Waals surface area contributed by atoms with E-state index in [0.717, 1.165) is 10.9 Å². The van der Waals surface area contributed by atoms with E-state index in [1.165, 1.54) is 6.07 Å². The summed E-state index contributed by atoms with van der Waals surface area (Å²) in [4.78, 5) is 0. The molecule has 0 aliphatic heterocycles. The Morgan fingerprint density at radius 2 is 1.95 bits per heavy atom. The summed E-state index contributed by atoms with van der Waals surface area (Å²) < 4.78 is 15.6. The molecule has 0 saturated carbocycles. The fraction of sp³-hybridized carbons (Fsp3) is 0.0714. The Morgan fingerprint density at radius 1 is 1.16 bits per heavy atom. The third kappa shape index (κ3) is 2.04. The van der Waals surface area contributed by atoms with Gasteiger partial charge in [-0.25, -0.2) is 4.39 Å². The molecule has 3 nitrogen and oxygen atoms in total. The lowest BCUT2D eigenvalue weighted by atomic mass is 10.2. The molecule has 1 heterocycles. The zero-order valence-corrected chi connectivity index (χ0v) is 10.7. The number of fused-ring (bicyclic) bond motifs is 1. The fourth-order valence-corrected chi connectivity index (χ4v) is 2.30. The van der Waals surface area contributed by atoms with E-state index in [1.54, 1.807) is 16.8 Å². The number of anilines is 1. The third-order valence-electron chi connectivity index (χ3n) is 3.04. The summed E-state index contributed by atoms with van der Waals surface area (Å²) in [5, 5.41) is 5.22. The normalized spacial score (nSPS) is 11.1. The summed E-state index contributed by atoms with van der Waals surface area (Å²) in [6, 6.07) is 12.5. The van der Waals surface area contributed by atoms with Gasteiger partial charge in [-0.1, -0.05) is 35.9 Å². The molecule has 0 fully saturated rings. The van der Waals surface area contributed by atoms with E-state index < -0.39 is 5.82 Å². The molecular weight excluding hydrogens is 265 g/mol. The Labute approximate surface area is 114 Å². The van der Waals surface area contributed by atoms with Gasteiger partial charge in [0.05, 0.1) is 17.1 Å².